The summed E-state index contributed by atoms with van der Waals surface area (Å²) in [7, 11) is 0. The van der Waals surface area contributed by atoms with Gasteiger partial charge in [-0.2, -0.15) is 0 Å². The highest BCUT2D eigenvalue weighted by atomic mass is 35.5. The highest BCUT2D eigenvalue weighted by molar-refractivity contribution is 6.03. The molecule has 3 aliphatic rings. The number of halogens is 2. The first-order valence-corrected chi connectivity index (χ1v) is 12.0. The molecule has 1 unspecified atom stereocenters. The molecule has 0 aromatic heterocycles. The van der Waals surface area contributed by atoms with E-state index in [9.17, 15) is 14.0 Å². The number of piperazine rings is 1. The van der Waals surface area contributed by atoms with E-state index in [1.54, 1.807) is 12.1 Å². The number of likely N-dealkylation sites (tertiary alicyclic amines) is 1. The van der Waals surface area contributed by atoms with Crippen molar-refractivity contribution >= 4 is 29.9 Å². The molecular formula is C24H36ClFN4O3. The predicted molar refractivity (Wildman–Crippen MR) is 129 cm³/mol. The molecule has 2 amide bonds. The third-order valence-corrected chi connectivity index (χ3v) is 6.52. The third-order valence-electron chi connectivity index (χ3n) is 6.52. The first-order chi connectivity index (χ1) is 15.5. The molecule has 4 rings (SSSR count). The number of carbonyl (C=O) groups excluding carboxylic acids is 2. The van der Waals surface area contributed by atoms with Gasteiger partial charge in [-0.1, -0.05) is 6.92 Å². The van der Waals surface area contributed by atoms with Crippen molar-refractivity contribution in [2.24, 2.45) is 5.92 Å². The second-order valence-corrected chi connectivity index (χ2v) is 9.11. The molecule has 0 spiro atoms. The highest BCUT2D eigenvalue weighted by Crippen LogP contribution is 2.30. The number of carbonyl (C=O) groups is 2. The average molecular weight is 483 g/mol. The fourth-order valence-electron chi connectivity index (χ4n) is 4.48. The van der Waals surface area contributed by atoms with Crippen LogP contribution in [0.2, 0.25) is 0 Å². The SMILES string of the molecule is CCCOc1ccc(F)cc1N1CCN(CCCN2C(=O)CC(CNC3CC3)C2=O)CC1.Cl. The van der Waals surface area contributed by atoms with E-state index in [0.29, 0.717) is 32.2 Å². The van der Waals surface area contributed by atoms with E-state index in [2.05, 4.69) is 22.0 Å². The number of ether oxygens (including phenoxy) is 1. The Balaban J connectivity index is 0.00000306. The summed E-state index contributed by atoms with van der Waals surface area (Å²) in [4.78, 5) is 30.8. The number of nitrogens with one attached hydrogen (secondary N) is 1. The Hall–Kier alpha value is -1.90. The topological polar surface area (TPSA) is 65.1 Å². The third kappa shape index (κ3) is 6.80. The lowest BCUT2D eigenvalue weighted by Gasteiger charge is -2.37. The van der Waals surface area contributed by atoms with Crippen LogP contribution in [-0.2, 0) is 9.59 Å². The van der Waals surface area contributed by atoms with Gasteiger partial charge < -0.3 is 15.0 Å². The van der Waals surface area contributed by atoms with Crippen molar-refractivity contribution in [3.8, 4) is 5.75 Å². The number of benzene rings is 1. The molecule has 2 saturated heterocycles. The molecule has 2 aliphatic heterocycles. The predicted octanol–water partition coefficient (Wildman–Crippen LogP) is 2.68. The summed E-state index contributed by atoms with van der Waals surface area (Å²) in [6.45, 7) is 7.94. The summed E-state index contributed by atoms with van der Waals surface area (Å²) in [5, 5.41) is 3.37. The van der Waals surface area contributed by atoms with Gasteiger partial charge in [-0.15, -0.1) is 12.4 Å². The molecule has 184 valence electrons. The van der Waals surface area contributed by atoms with Gasteiger partial charge in [-0.3, -0.25) is 19.4 Å². The molecule has 1 aliphatic carbocycles. The van der Waals surface area contributed by atoms with E-state index in [1.807, 2.05) is 0 Å². The first kappa shape index (κ1) is 25.7. The van der Waals surface area contributed by atoms with E-state index in [1.165, 1.54) is 23.8 Å². The Labute approximate surface area is 202 Å². The lowest BCUT2D eigenvalue weighted by molar-refractivity contribution is -0.139. The molecule has 7 nitrogen and oxygen atoms in total. The van der Waals surface area contributed by atoms with Gasteiger partial charge in [0.2, 0.25) is 11.8 Å². The molecular weight excluding hydrogens is 447 g/mol. The minimum atomic E-state index is -0.253. The largest absolute Gasteiger partial charge is 0.491 e. The summed E-state index contributed by atoms with van der Waals surface area (Å²) < 4.78 is 19.7. The van der Waals surface area contributed by atoms with Gasteiger partial charge in [0.1, 0.15) is 11.6 Å². The van der Waals surface area contributed by atoms with Crippen LogP contribution in [0.15, 0.2) is 18.2 Å². The maximum Gasteiger partial charge on any atom is 0.234 e. The number of hydrogen-bond acceptors (Lipinski definition) is 6. The Morgan fingerprint density at radius 2 is 1.88 bits per heavy atom. The Bertz CT molecular complexity index is 815. The maximum atomic E-state index is 13.8. The highest BCUT2D eigenvalue weighted by Gasteiger charge is 2.38. The molecule has 2 heterocycles. The monoisotopic (exact) mass is 482 g/mol. The van der Waals surface area contributed by atoms with Crippen molar-refractivity contribution in [3.63, 3.8) is 0 Å². The minimum Gasteiger partial charge on any atom is -0.491 e. The second-order valence-electron chi connectivity index (χ2n) is 9.11. The van der Waals surface area contributed by atoms with Crippen LogP contribution in [0.4, 0.5) is 10.1 Å². The Morgan fingerprint density at radius 1 is 1.12 bits per heavy atom. The zero-order valence-corrected chi connectivity index (χ0v) is 20.2. The molecule has 33 heavy (non-hydrogen) atoms. The van der Waals surface area contributed by atoms with Gasteiger partial charge in [-0.25, -0.2) is 4.39 Å². The minimum absolute atomic E-state index is 0. The smallest absolute Gasteiger partial charge is 0.234 e. The van der Waals surface area contributed by atoms with E-state index >= 15 is 0 Å². The van der Waals surface area contributed by atoms with Crippen LogP contribution >= 0.6 is 12.4 Å². The van der Waals surface area contributed by atoms with Crippen LogP contribution in [-0.4, -0.2) is 80.1 Å². The van der Waals surface area contributed by atoms with Crippen molar-refractivity contribution in [2.45, 2.75) is 45.1 Å². The fraction of sp³-hybridized carbons (Fsp3) is 0.667. The van der Waals surface area contributed by atoms with Gasteiger partial charge in [0.25, 0.3) is 0 Å². The molecule has 1 atom stereocenters. The van der Waals surface area contributed by atoms with Crippen molar-refractivity contribution in [1.29, 1.82) is 0 Å². The number of imide groups is 1. The molecule has 9 heteroatoms. The zero-order valence-electron chi connectivity index (χ0n) is 19.4. The molecule has 1 aromatic rings. The normalized spacial score (nSPS) is 21.5. The van der Waals surface area contributed by atoms with Crippen LogP contribution < -0.4 is 15.0 Å². The quantitative estimate of drug-likeness (QED) is 0.489. The van der Waals surface area contributed by atoms with Gasteiger partial charge in [-0.05, 0) is 44.4 Å². The number of rotatable bonds is 11. The van der Waals surface area contributed by atoms with Crippen molar-refractivity contribution in [3.05, 3.63) is 24.0 Å². The van der Waals surface area contributed by atoms with Gasteiger partial charge in [0.15, 0.2) is 0 Å². The maximum absolute atomic E-state index is 13.8. The molecule has 1 saturated carbocycles. The van der Waals surface area contributed by atoms with Crippen LogP contribution in [0, 0.1) is 11.7 Å². The Morgan fingerprint density at radius 3 is 2.58 bits per heavy atom. The number of amides is 2. The summed E-state index contributed by atoms with van der Waals surface area (Å²) in [6, 6.07) is 5.26. The molecule has 0 radical (unpaired) electrons. The van der Waals surface area contributed by atoms with Crippen molar-refractivity contribution in [1.82, 2.24) is 15.1 Å². The molecule has 0 bridgehead atoms. The van der Waals surface area contributed by atoms with Gasteiger partial charge >= 0.3 is 0 Å². The summed E-state index contributed by atoms with van der Waals surface area (Å²) in [5.74, 6) is 0.240. The summed E-state index contributed by atoms with van der Waals surface area (Å²) in [5.41, 5.74) is 0.817. The van der Waals surface area contributed by atoms with E-state index in [0.717, 1.165) is 57.0 Å². The lowest BCUT2D eigenvalue weighted by atomic mass is 10.1. The van der Waals surface area contributed by atoms with Crippen molar-refractivity contribution in [2.75, 3.05) is 57.3 Å². The van der Waals surface area contributed by atoms with Crippen LogP contribution in [0.25, 0.3) is 0 Å². The molecule has 1 N–H and O–H groups in total. The van der Waals surface area contributed by atoms with E-state index in [4.69, 9.17) is 4.74 Å². The second kappa shape index (κ2) is 12.0. The van der Waals surface area contributed by atoms with Gasteiger partial charge in [0, 0.05) is 57.8 Å². The first-order valence-electron chi connectivity index (χ1n) is 12.0. The van der Waals surface area contributed by atoms with Crippen LogP contribution in [0.5, 0.6) is 5.75 Å². The molecule has 1 aromatic carbocycles. The lowest BCUT2D eigenvalue weighted by Crippen LogP contribution is -2.47. The zero-order chi connectivity index (χ0) is 22.5. The standard InChI is InChI=1S/C24H35FN4O3.ClH/c1-2-14-32-22-7-4-19(25)16-21(22)28-12-10-27(11-13-28)8-3-9-29-23(30)15-18(24(29)31)17-26-20-5-6-20;/h4,7,16,18,20,26H,2-3,5-6,8-15,17H2,1H3;1H. The Kier molecular flexibility index (Phi) is 9.35. The average Bonchev–Trinajstić information content (AvgIpc) is 3.59. The van der Waals surface area contributed by atoms with Gasteiger partial charge in [0.05, 0.1) is 18.2 Å². The van der Waals surface area contributed by atoms with E-state index < -0.39 is 0 Å². The fourth-order valence-corrected chi connectivity index (χ4v) is 4.48. The van der Waals surface area contributed by atoms with Crippen molar-refractivity contribution < 1.29 is 18.7 Å². The van der Waals surface area contributed by atoms with Crippen LogP contribution in [0.1, 0.15) is 39.0 Å². The summed E-state index contributed by atoms with van der Waals surface area (Å²) in [6.07, 6.45) is 4.39. The summed E-state index contributed by atoms with van der Waals surface area (Å²) >= 11 is 0. The number of hydrogen-bond donors (Lipinski definition) is 1. The van der Waals surface area contributed by atoms with E-state index in [-0.39, 0.29) is 36.0 Å². The molecule has 3 fully saturated rings. The number of anilines is 1. The van der Waals surface area contributed by atoms with Crippen LogP contribution in [0.3, 0.4) is 0 Å². The number of nitrogens with zero attached hydrogens (tertiary/aromatic N) is 3.